The summed E-state index contributed by atoms with van der Waals surface area (Å²) in [5.74, 6) is 0.0953. The quantitative estimate of drug-likeness (QED) is 0.642. The molecule has 2 unspecified atom stereocenters. The minimum absolute atomic E-state index is 0.0199. The van der Waals surface area contributed by atoms with Crippen molar-refractivity contribution < 1.29 is 14.6 Å². The van der Waals surface area contributed by atoms with Crippen molar-refractivity contribution in [3.05, 3.63) is 83.4 Å². The van der Waals surface area contributed by atoms with Crippen LogP contribution in [0.3, 0.4) is 0 Å². The number of carbonyl (C=O) groups is 1. The predicted molar refractivity (Wildman–Crippen MR) is 124 cm³/mol. The molecule has 3 heterocycles. The summed E-state index contributed by atoms with van der Waals surface area (Å²) in [6.07, 6.45) is 5.20. The number of carbonyl (C=O) groups excluding carboxylic acids is 1. The lowest BCUT2D eigenvalue weighted by Gasteiger charge is -2.43. The third kappa shape index (κ3) is 3.25. The molecule has 0 spiro atoms. The lowest BCUT2D eigenvalue weighted by Crippen LogP contribution is -2.52. The Hall–Kier alpha value is -3.76. The van der Waals surface area contributed by atoms with Crippen molar-refractivity contribution in [1.82, 2.24) is 14.9 Å². The van der Waals surface area contributed by atoms with E-state index >= 15 is 0 Å². The first kappa shape index (κ1) is 20.8. The fourth-order valence-corrected chi connectivity index (χ4v) is 6.05. The van der Waals surface area contributed by atoms with Gasteiger partial charge in [-0.2, -0.15) is 5.26 Å². The third-order valence-corrected chi connectivity index (χ3v) is 7.60. The van der Waals surface area contributed by atoms with E-state index in [-0.39, 0.29) is 36.5 Å². The Balaban J connectivity index is 1.18. The molecule has 3 aliphatic rings. The van der Waals surface area contributed by atoms with Crippen molar-refractivity contribution in [2.45, 2.75) is 49.3 Å². The Morgan fingerprint density at radius 3 is 2.15 bits per heavy atom. The van der Waals surface area contributed by atoms with Crippen molar-refractivity contribution >= 4 is 6.09 Å². The van der Waals surface area contributed by atoms with Crippen LogP contribution in [0.15, 0.2) is 60.9 Å². The van der Waals surface area contributed by atoms with Gasteiger partial charge in [-0.05, 0) is 35.1 Å². The molecule has 2 fully saturated rings. The molecule has 2 saturated heterocycles. The highest BCUT2D eigenvalue weighted by atomic mass is 16.6. The first-order chi connectivity index (χ1) is 16.6. The van der Waals surface area contributed by atoms with E-state index in [0.717, 1.165) is 12.8 Å². The fourth-order valence-electron chi connectivity index (χ4n) is 6.05. The van der Waals surface area contributed by atoms with Crippen molar-refractivity contribution in [1.29, 1.82) is 5.26 Å². The number of piperidine rings is 1. The van der Waals surface area contributed by atoms with Crippen LogP contribution in [0.25, 0.3) is 11.1 Å². The number of benzene rings is 2. The van der Waals surface area contributed by atoms with Crippen LogP contribution in [-0.4, -0.2) is 44.8 Å². The molecule has 0 saturated carbocycles. The number of aliphatic hydroxyl groups is 1. The van der Waals surface area contributed by atoms with Crippen LogP contribution in [0.4, 0.5) is 4.79 Å². The Kier molecular flexibility index (Phi) is 4.85. The lowest BCUT2D eigenvalue weighted by molar-refractivity contribution is -0.0535. The number of aromatic nitrogens is 2. The minimum Gasteiger partial charge on any atom is -0.448 e. The maximum atomic E-state index is 13.2. The van der Waals surface area contributed by atoms with Gasteiger partial charge in [-0.25, -0.2) is 14.8 Å². The largest absolute Gasteiger partial charge is 0.448 e. The third-order valence-electron chi connectivity index (χ3n) is 7.60. The van der Waals surface area contributed by atoms with E-state index in [1.54, 1.807) is 0 Å². The Morgan fingerprint density at radius 1 is 1.03 bits per heavy atom. The zero-order chi connectivity index (χ0) is 23.3. The molecule has 6 rings (SSSR count). The summed E-state index contributed by atoms with van der Waals surface area (Å²) in [4.78, 5) is 23.1. The molecule has 34 heavy (non-hydrogen) atoms. The summed E-state index contributed by atoms with van der Waals surface area (Å²) in [6, 6.07) is 18.3. The molecule has 1 aliphatic carbocycles. The number of amides is 1. The molecular weight excluding hydrogens is 428 g/mol. The van der Waals surface area contributed by atoms with Crippen LogP contribution in [0.5, 0.6) is 0 Å². The monoisotopic (exact) mass is 452 g/mol. The molecule has 7 nitrogen and oxygen atoms in total. The normalized spacial score (nSPS) is 24.9. The zero-order valence-corrected chi connectivity index (χ0v) is 18.6. The molecule has 2 aliphatic heterocycles. The van der Waals surface area contributed by atoms with Gasteiger partial charge in [0.1, 0.15) is 12.7 Å². The molecule has 1 N–H and O–H groups in total. The SMILES string of the molecule is N#Cc1ncc(C2(O)CC3CCC(C2)N3C(=O)OCC2c3ccccc3-c3ccccc32)cn1. The number of nitrogens with zero attached hydrogens (tertiary/aromatic N) is 4. The molecule has 7 heteroatoms. The van der Waals surface area contributed by atoms with Gasteiger partial charge < -0.3 is 14.7 Å². The molecule has 1 aromatic heterocycles. The number of ether oxygens (including phenoxy) is 1. The molecule has 170 valence electrons. The van der Waals surface area contributed by atoms with E-state index in [9.17, 15) is 9.90 Å². The molecule has 0 radical (unpaired) electrons. The van der Waals surface area contributed by atoms with Crippen LogP contribution in [0, 0.1) is 11.3 Å². The molecule has 2 atom stereocenters. The standard InChI is InChI=1S/C27H24N4O3/c28-13-25-29-14-17(15-30-25)27(33)11-18-9-10-19(12-27)31(18)26(32)34-16-24-22-7-3-1-5-20(22)21-6-2-4-8-23(21)24/h1-8,14-15,18-19,24,33H,9-12,16H2. The zero-order valence-electron chi connectivity index (χ0n) is 18.6. The summed E-state index contributed by atoms with van der Waals surface area (Å²) >= 11 is 0. The van der Waals surface area contributed by atoms with Crippen LogP contribution in [0.2, 0.25) is 0 Å². The predicted octanol–water partition coefficient (Wildman–Crippen LogP) is 4.11. The van der Waals surface area contributed by atoms with Gasteiger partial charge in [0.2, 0.25) is 5.82 Å². The summed E-state index contributed by atoms with van der Waals surface area (Å²) < 4.78 is 5.91. The van der Waals surface area contributed by atoms with Crippen LogP contribution in [0.1, 0.15) is 54.1 Å². The number of fused-ring (bicyclic) bond motifs is 5. The van der Waals surface area contributed by atoms with E-state index in [1.165, 1.54) is 34.6 Å². The second-order valence-electron chi connectivity index (χ2n) is 9.44. The maximum Gasteiger partial charge on any atom is 0.410 e. The average Bonchev–Trinajstić information content (AvgIpc) is 3.34. The second kappa shape index (κ2) is 7.93. The maximum absolute atomic E-state index is 13.2. The van der Waals surface area contributed by atoms with Gasteiger partial charge in [0.25, 0.3) is 0 Å². The van der Waals surface area contributed by atoms with E-state index in [4.69, 9.17) is 10.00 Å². The number of hydrogen-bond acceptors (Lipinski definition) is 6. The molecule has 1 amide bonds. The topological polar surface area (TPSA) is 99.3 Å². The summed E-state index contributed by atoms with van der Waals surface area (Å²) in [5, 5.41) is 20.3. The van der Waals surface area contributed by atoms with E-state index in [1.807, 2.05) is 35.2 Å². The number of nitriles is 1. The van der Waals surface area contributed by atoms with Crippen LogP contribution >= 0.6 is 0 Å². The van der Waals surface area contributed by atoms with Crippen molar-refractivity contribution in [3.8, 4) is 17.2 Å². The van der Waals surface area contributed by atoms with Gasteiger partial charge in [-0.3, -0.25) is 0 Å². The number of rotatable bonds is 3. The first-order valence-corrected chi connectivity index (χ1v) is 11.7. The van der Waals surface area contributed by atoms with Gasteiger partial charge in [0.15, 0.2) is 0 Å². The van der Waals surface area contributed by atoms with Gasteiger partial charge >= 0.3 is 6.09 Å². The van der Waals surface area contributed by atoms with Gasteiger partial charge in [-0.1, -0.05) is 48.5 Å². The van der Waals surface area contributed by atoms with E-state index < -0.39 is 5.60 Å². The highest BCUT2D eigenvalue weighted by Gasteiger charge is 2.51. The van der Waals surface area contributed by atoms with Gasteiger partial charge in [-0.15, -0.1) is 0 Å². The van der Waals surface area contributed by atoms with E-state index in [0.29, 0.717) is 18.4 Å². The van der Waals surface area contributed by atoms with Crippen molar-refractivity contribution in [3.63, 3.8) is 0 Å². The van der Waals surface area contributed by atoms with Crippen molar-refractivity contribution in [2.75, 3.05) is 6.61 Å². The Bertz CT molecular complexity index is 1240. The molecule has 3 aromatic rings. The van der Waals surface area contributed by atoms with Gasteiger partial charge in [0.05, 0.1) is 5.60 Å². The van der Waals surface area contributed by atoms with Gasteiger partial charge in [0, 0.05) is 48.8 Å². The Morgan fingerprint density at radius 2 is 1.59 bits per heavy atom. The highest BCUT2D eigenvalue weighted by Crippen LogP contribution is 2.47. The lowest BCUT2D eigenvalue weighted by atomic mass is 9.82. The second-order valence-corrected chi connectivity index (χ2v) is 9.44. The summed E-state index contributed by atoms with van der Waals surface area (Å²) in [5.41, 5.74) is 4.26. The van der Waals surface area contributed by atoms with Crippen LogP contribution < -0.4 is 0 Å². The summed E-state index contributed by atoms with van der Waals surface area (Å²) in [6.45, 7) is 0.288. The summed E-state index contributed by atoms with van der Waals surface area (Å²) in [7, 11) is 0. The number of hydrogen-bond donors (Lipinski definition) is 1. The average molecular weight is 453 g/mol. The highest BCUT2D eigenvalue weighted by molar-refractivity contribution is 5.79. The Labute approximate surface area is 197 Å². The molecular formula is C27H24N4O3. The van der Waals surface area contributed by atoms with Crippen molar-refractivity contribution in [2.24, 2.45) is 0 Å². The molecule has 2 bridgehead atoms. The van der Waals surface area contributed by atoms with Crippen LogP contribution in [-0.2, 0) is 10.3 Å². The smallest absolute Gasteiger partial charge is 0.410 e. The first-order valence-electron chi connectivity index (χ1n) is 11.7. The van der Waals surface area contributed by atoms with E-state index in [2.05, 4.69) is 34.2 Å². The minimum atomic E-state index is -1.11. The fraction of sp³-hybridized carbons (Fsp3) is 0.333. The molecule has 2 aromatic carbocycles.